The number of hydrogen-bond acceptors (Lipinski definition) is 10. The van der Waals surface area contributed by atoms with Crippen molar-refractivity contribution in [2.24, 2.45) is 27.6 Å². The number of ether oxygens (including phenoxy) is 4. The molecule has 0 unspecified atom stereocenters. The second kappa shape index (κ2) is 17.0. The van der Waals surface area contributed by atoms with Crippen molar-refractivity contribution >= 4 is 36.1 Å². The summed E-state index contributed by atoms with van der Waals surface area (Å²) in [6, 6.07) is 12.5. The number of hydrogen-bond donors (Lipinski definition) is 4. The van der Waals surface area contributed by atoms with Crippen LogP contribution in [0.25, 0.3) is 0 Å². The van der Waals surface area contributed by atoms with Crippen molar-refractivity contribution in [1.29, 1.82) is 5.26 Å². The quantitative estimate of drug-likeness (QED) is 0.109. The van der Waals surface area contributed by atoms with Gasteiger partial charge in [-0.15, -0.1) is 0 Å². The first-order valence-corrected chi connectivity index (χ1v) is 16.3. The monoisotopic (exact) mass is 694 g/mol. The molecule has 1 saturated heterocycles. The number of nitrogens with two attached hydrogens (primary N) is 1. The number of alkyl carbamates (subject to hydrolysis) is 1. The second-order valence-corrected chi connectivity index (χ2v) is 13.2. The number of aliphatic imine (C=N–C) groups is 2. The second-order valence-electron chi connectivity index (χ2n) is 13.2. The molecule has 0 radical (unpaired) electrons. The third kappa shape index (κ3) is 9.99. The normalized spacial score (nSPS) is 22.1. The molecular formula is C35H46N6O9. The van der Waals surface area contributed by atoms with Crippen LogP contribution in [0.3, 0.4) is 0 Å². The predicted octanol–water partition coefficient (Wildman–Crippen LogP) is 3.05. The number of nitriles is 1. The minimum atomic E-state index is -2.19. The summed E-state index contributed by atoms with van der Waals surface area (Å²) < 4.78 is 22.6. The molecule has 5 N–H and O–H groups in total. The number of carbonyl (C=O) groups is 4. The van der Waals surface area contributed by atoms with Gasteiger partial charge in [-0.3, -0.25) is 9.59 Å². The molecule has 2 heterocycles. The molecule has 270 valence electrons. The topological polar surface area (TPSA) is 228 Å². The minimum absolute atomic E-state index is 0.00450. The van der Waals surface area contributed by atoms with Crippen LogP contribution in [0.2, 0.25) is 0 Å². The Morgan fingerprint density at radius 2 is 1.84 bits per heavy atom. The SMILES string of the molecule is CC[C@@H](C)C(=O)N=C(N=CN)c1ccc([C@]2(C#N)O[C@H](COC(=O)Cc3ccccc3)[C@@H](OC(=O)[C@@H](NC(=O)OC(C)(C)C)C(C)C)[C@H]2O)[nH]1. The number of aliphatic hydroxyl groups is 1. The molecule has 50 heavy (non-hydrogen) atoms. The lowest BCUT2D eigenvalue weighted by molar-refractivity contribution is -0.163. The van der Waals surface area contributed by atoms with Gasteiger partial charge in [0.1, 0.15) is 36.5 Å². The zero-order valence-corrected chi connectivity index (χ0v) is 29.3. The third-order valence-electron chi connectivity index (χ3n) is 7.82. The van der Waals surface area contributed by atoms with Crippen molar-refractivity contribution in [3.63, 3.8) is 0 Å². The number of amides is 2. The molecule has 6 atom stereocenters. The van der Waals surface area contributed by atoms with E-state index in [2.05, 4.69) is 20.3 Å². The van der Waals surface area contributed by atoms with Gasteiger partial charge in [-0.2, -0.15) is 10.3 Å². The molecule has 2 aromatic rings. The maximum absolute atomic E-state index is 13.6. The van der Waals surface area contributed by atoms with Crippen LogP contribution >= 0.6 is 0 Å². The summed E-state index contributed by atoms with van der Waals surface area (Å²) >= 11 is 0. The van der Waals surface area contributed by atoms with Gasteiger partial charge >= 0.3 is 18.0 Å². The largest absolute Gasteiger partial charge is 0.463 e. The molecule has 1 aromatic carbocycles. The summed E-state index contributed by atoms with van der Waals surface area (Å²) in [5.41, 5.74) is 3.35. The number of carbonyl (C=O) groups excluding carboxylic acids is 4. The third-order valence-corrected chi connectivity index (χ3v) is 7.82. The lowest BCUT2D eigenvalue weighted by Crippen LogP contribution is -2.50. The van der Waals surface area contributed by atoms with E-state index in [4.69, 9.17) is 24.7 Å². The molecule has 0 saturated carbocycles. The van der Waals surface area contributed by atoms with E-state index in [-0.39, 0.29) is 23.6 Å². The van der Waals surface area contributed by atoms with Crippen molar-refractivity contribution in [2.75, 3.05) is 6.61 Å². The highest BCUT2D eigenvalue weighted by atomic mass is 16.6. The zero-order valence-electron chi connectivity index (χ0n) is 29.3. The molecule has 1 fully saturated rings. The first-order valence-electron chi connectivity index (χ1n) is 16.3. The van der Waals surface area contributed by atoms with Crippen molar-refractivity contribution in [2.45, 2.75) is 96.9 Å². The van der Waals surface area contributed by atoms with E-state index < -0.39 is 77.9 Å². The summed E-state index contributed by atoms with van der Waals surface area (Å²) in [6.07, 6.45) is -4.17. The van der Waals surface area contributed by atoms with Crippen LogP contribution in [-0.2, 0) is 45.4 Å². The van der Waals surface area contributed by atoms with Gasteiger partial charge < -0.3 is 40.1 Å². The van der Waals surface area contributed by atoms with Crippen LogP contribution in [0.15, 0.2) is 52.4 Å². The number of benzene rings is 1. The number of aromatic nitrogens is 1. The Kier molecular flexibility index (Phi) is 13.4. The number of esters is 2. The van der Waals surface area contributed by atoms with Crippen LogP contribution in [0.4, 0.5) is 4.79 Å². The Balaban J connectivity index is 1.97. The number of amidine groups is 1. The van der Waals surface area contributed by atoms with E-state index in [1.165, 1.54) is 12.1 Å². The molecule has 1 aromatic heterocycles. The van der Waals surface area contributed by atoms with Gasteiger partial charge in [0.15, 0.2) is 11.9 Å². The maximum atomic E-state index is 13.6. The van der Waals surface area contributed by atoms with E-state index in [1.54, 1.807) is 71.9 Å². The number of aliphatic hydroxyl groups excluding tert-OH is 1. The molecular weight excluding hydrogens is 648 g/mol. The van der Waals surface area contributed by atoms with E-state index in [1.807, 2.05) is 13.0 Å². The highest BCUT2D eigenvalue weighted by Gasteiger charge is 2.59. The molecule has 15 heteroatoms. The van der Waals surface area contributed by atoms with Gasteiger partial charge in [-0.1, -0.05) is 58.0 Å². The summed E-state index contributed by atoms with van der Waals surface area (Å²) in [7, 11) is 0. The van der Waals surface area contributed by atoms with Gasteiger partial charge in [0.05, 0.1) is 24.1 Å². The zero-order chi connectivity index (χ0) is 37.2. The van der Waals surface area contributed by atoms with E-state index >= 15 is 0 Å². The van der Waals surface area contributed by atoms with Gasteiger partial charge in [0.25, 0.3) is 5.91 Å². The number of H-pyrrole nitrogens is 1. The van der Waals surface area contributed by atoms with Crippen LogP contribution in [0.5, 0.6) is 0 Å². The van der Waals surface area contributed by atoms with Crippen molar-refractivity contribution in [1.82, 2.24) is 10.3 Å². The fourth-order valence-electron chi connectivity index (χ4n) is 4.94. The predicted molar refractivity (Wildman–Crippen MR) is 182 cm³/mol. The van der Waals surface area contributed by atoms with E-state index in [0.29, 0.717) is 12.0 Å². The summed E-state index contributed by atoms with van der Waals surface area (Å²) in [6.45, 7) is 11.4. The Hall–Kier alpha value is -5.07. The van der Waals surface area contributed by atoms with Gasteiger partial charge in [0.2, 0.25) is 5.60 Å². The molecule has 0 aliphatic carbocycles. The molecule has 15 nitrogen and oxygen atoms in total. The van der Waals surface area contributed by atoms with Crippen molar-refractivity contribution < 1.29 is 43.2 Å². The fourth-order valence-corrected chi connectivity index (χ4v) is 4.94. The Morgan fingerprint density at radius 3 is 2.42 bits per heavy atom. The highest BCUT2D eigenvalue weighted by Crippen LogP contribution is 2.41. The molecule has 0 spiro atoms. The van der Waals surface area contributed by atoms with Crippen LogP contribution < -0.4 is 11.1 Å². The maximum Gasteiger partial charge on any atom is 0.408 e. The number of rotatable bonds is 12. The van der Waals surface area contributed by atoms with Crippen LogP contribution in [-0.4, -0.2) is 82.8 Å². The van der Waals surface area contributed by atoms with Crippen molar-refractivity contribution in [3.8, 4) is 6.07 Å². The lowest BCUT2D eigenvalue weighted by atomic mass is 9.92. The molecule has 0 bridgehead atoms. The van der Waals surface area contributed by atoms with Crippen LogP contribution in [0, 0.1) is 23.2 Å². The van der Waals surface area contributed by atoms with Crippen molar-refractivity contribution in [3.05, 3.63) is 59.4 Å². The Labute approximate surface area is 291 Å². The summed E-state index contributed by atoms with van der Waals surface area (Å²) in [5, 5.41) is 24.7. The van der Waals surface area contributed by atoms with Gasteiger partial charge in [-0.05, 0) is 50.8 Å². The van der Waals surface area contributed by atoms with E-state index in [9.17, 15) is 29.5 Å². The minimum Gasteiger partial charge on any atom is -0.463 e. The highest BCUT2D eigenvalue weighted by molar-refractivity contribution is 6.07. The van der Waals surface area contributed by atoms with E-state index in [0.717, 1.165) is 6.34 Å². The average Bonchev–Trinajstić information content (AvgIpc) is 3.65. The standard InChI is InChI=1S/C35H46N6O9/c1-8-21(4)31(44)41-30(38-19-37)23-14-15-25(39-23)35(18-36)29(43)28(24(49-35)17-47-26(42)16-22-12-10-9-11-13-22)48-32(45)27(20(2)3)40-33(46)50-34(5,6)7/h9-15,19-21,24,27-29,39,43H,8,16-17H2,1-7H3,(H,40,46)(H2,37,38,41,44)/t21-,24-,27+,28-,29-,35+/m1/s1. The van der Waals surface area contributed by atoms with Gasteiger partial charge in [0, 0.05) is 5.92 Å². The summed E-state index contributed by atoms with van der Waals surface area (Å²) in [5.74, 6) is -2.97. The fraction of sp³-hybridized carbons (Fsp3) is 0.514. The average molecular weight is 695 g/mol. The smallest absolute Gasteiger partial charge is 0.408 e. The number of nitrogens with one attached hydrogen (secondary N) is 2. The number of aromatic amines is 1. The molecule has 1 aliphatic rings. The molecule has 2 amide bonds. The number of nitrogens with zero attached hydrogens (tertiary/aromatic N) is 3. The molecule has 3 rings (SSSR count). The van der Waals surface area contributed by atoms with Crippen LogP contribution in [0.1, 0.15) is 71.8 Å². The first-order chi connectivity index (χ1) is 23.5. The Bertz CT molecular complexity index is 1610. The first kappa shape index (κ1) is 39.4. The molecule has 1 aliphatic heterocycles. The summed E-state index contributed by atoms with van der Waals surface area (Å²) in [4.78, 5) is 62.4. The Morgan fingerprint density at radius 1 is 1.16 bits per heavy atom. The lowest BCUT2D eigenvalue weighted by Gasteiger charge is -2.28. The van der Waals surface area contributed by atoms with Gasteiger partial charge in [-0.25, -0.2) is 14.6 Å².